The number of nitrogens with zero attached hydrogens (tertiary/aromatic N) is 3. The molecule has 0 saturated carbocycles. The van der Waals surface area contributed by atoms with Crippen LogP contribution in [0.5, 0.6) is 0 Å². The molecule has 0 bridgehead atoms. The lowest BCUT2D eigenvalue weighted by Crippen LogP contribution is -2.18. The summed E-state index contributed by atoms with van der Waals surface area (Å²) in [6.45, 7) is 6.41. The van der Waals surface area contributed by atoms with Gasteiger partial charge in [0.1, 0.15) is 10.4 Å². The molecule has 4 heteroatoms. The van der Waals surface area contributed by atoms with E-state index >= 15 is 0 Å². The molecule has 0 spiro atoms. The normalized spacial score (nSPS) is 18.1. The zero-order valence-corrected chi connectivity index (χ0v) is 13.6. The van der Waals surface area contributed by atoms with Crippen molar-refractivity contribution in [2.24, 2.45) is 0 Å². The Balaban J connectivity index is 2.06. The SMILES string of the molecule is CC(C)(C)c1nc(Br)cc(C2CCc3cccnc32)n1. The summed E-state index contributed by atoms with van der Waals surface area (Å²) in [6, 6.07) is 6.21. The molecule has 3 nitrogen and oxygen atoms in total. The standard InChI is InChI=1S/C16H18BrN3/c1-16(2,3)15-19-12(9-13(17)20-15)11-7-6-10-5-4-8-18-14(10)11/h4-5,8-9,11H,6-7H2,1-3H3. The van der Waals surface area contributed by atoms with Gasteiger partial charge in [0.2, 0.25) is 0 Å². The first-order valence-corrected chi connectivity index (χ1v) is 7.73. The number of aryl methyl sites for hydroxylation is 1. The van der Waals surface area contributed by atoms with Gasteiger partial charge >= 0.3 is 0 Å². The quantitative estimate of drug-likeness (QED) is 0.741. The van der Waals surface area contributed by atoms with Gasteiger partial charge in [0.05, 0.1) is 11.4 Å². The Morgan fingerprint density at radius 3 is 2.80 bits per heavy atom. The van der Waals surface area contributed by atoms with Crippen LogP contribution in [0.2, 0.25) is 0 Å². The highest BCUT2D eigenvalue weighted by atomic mass is 79.9. The third kappa shape index (κ3) is 2.49. The average Bonchev–Trinajstić information content (AvgIpc) is 2.80. The van der Waals surface area contributed by atoms with Gasteiger partial charge in [0.15, 0.2) is 0 Å². The van der Waals surface area contributed by atoms with Crippen molar-refractivity contribution in [2.75, 3.05) is 0 Å². The maximum absolute atomic E-state index is 4.80. The van der Waals surface area contributed by atoms with Crippen LogP contribution in [0.1, 0.15) is 55.9 Å². The van der Waals surface area contributed by atoms with Crippen molar-refractivity contribution in [1.29, 1.82) is 0 Å². The fraction of sp³-hybridized carbons (Fsp3) is 0.438. The summed E-state index contributed by atoms with van der Waals surface area (Å²) in [5.41, 5.74) is 3.56. The van der Waals surface area contributed by atoms with Crippen LogP contribution >= 0.6 is 15.9 Å². The van der Waals surface area contributed by atoms with Gasteiger partial charge in [-0.25, -0.2) is 9.97 Å². The molecule has 2 aromatic heterocycles. The number of halogens is 1. The van der Waals surface area contributed by atoms with Crippen LogP contribution in [-0.4, -0.2) is 15.0 Å². The molecule has 2 heterocycles. The number of fused-ring (bicyclic) bond motifs is 1. The maximum atomic E-state index is 4.80. The van der Waals surface area contributed by atoms with Gasteiger partial charge in [-0.15, -0.1) is 0 Å². The lowest BCUT2D eigenvalue weighted by Gasteiger charge is -2.19. The van der Waals surface area contributed by atoms with Crippen molar-refractivity contribution in [2.45, 2.75) is 44.9 Å². The third-order valence-corrected chi connectivity index (χ3v) is 4.11. The van der Waals surface area contributed by atoms with E-state index in [1.807, 2.05) is 18.3 Å². The van der Waals surface area contributed by atoms with Crippen molar-refractivity contribution in [1.82, 2.24) is 15.0 Å². The number of pyridine rings is 1. The Labute approximate surface area is 128 Å². The molecule has 2 aromatic rings. The van der Waals surface area contributed by atoms with Crippen LogP contribution in [0.4, 0.5) is 0 Å². The molecule has 1 unspecified atom stereocenters. The molecule has 0 radical (unpaired) electrons. The Hall–Kier alpha value is -1.29. The molecular formula is C16H18BrN3. The van der Waals surface area contributed by atoms with Gasteiger partial charge < -0.3 is 0 Å². The summed E-state index contributed by atoms with van der Waals surface area (Å²) >= 11 is 3.52. The number of hydrogen-bond acceptors (Lipinski definition) is 3. The number of hydrogen-bond donors (Lipinski definition) is 0. The van der Waals surface area contributed by atoms with Crippen molar-refractivity contribution in [3.05, 3.63) is 51.8 Å². The van der Waals surface area contributed by atoms with Crippen molar-refractivity contribution >= 4 is 15.9 Å². The highest BCUT2D eigenvalue weighted by molar-refractivity contribution is 9.10. The molecule has 0 N–H and O–H groups in total. The average molecular weight is 332 g/mol. The molecule has 0 aromatic carbocycles. The predicted molar refractivity (Wildman–Crippen MR) is 82.8 cm³/mol. The van der Waals surface area contributed by atoms with Crippen LogP contribution in [0, 0.1) is 0 Å². The summed E-state index contributed by atoms with van der Waals surface area (Å²) in [5.74, 6) is 1.18. The van der Waals surface area contributed by atoms with Gasteiger partial charge in [-0.05, 0) is 46.5 Å². The van der Waals surface area contributed by atoms with E-state index in [2.05, 4.69) is 52.7 Å². The second-order valence-corrected chi connectivity index (χ2v) is 7.14. The minimum absolute atomic E-state index is 0.0515. The minimum Gasteiger partial charge on any atom is -0.260 e. The Bertz CT molecular complexity index is 646. The summed E-state index contributed by atoms with van der Waals surface area (Å²) in [4.78, 5) is 13.9. The highest BCUT2D eigenvalue weighted by Gasteiger charge is 2.28. The molecule has 3 rings (SSSR count). The second-order valence-electron chi connectivity index (χ2n) is 6.33. The summed E-state index contributed by atoms with van der Waals surface area (Å²) < 4.78 is 0.858. The summed E-state index contributed by atoms with van der Waals surface area (Å²) in [7, 11) is 0. The van der Waals surface area contributed by atoms with Crippen LogP contribution in [0.25, 0.3) is 0 Å². The molecule has 0 saturated heterocycles. The molecule has 0 aliphatic heterocycles. The lowest BCUT2D eigenvalue weighted by atomic mass is 9.94. The van der Waals surface area contributed by atoms with E-state index in [9.17, 15) is 0 Å². The molecule has 0 fully saturated rings. The largest absolute Gasteiger partial charge is 0.260 e. The maximum Gasteiger partial charge on any atom is 0.135 e. The smallest absolute Gasteiger partial charge is 0.135 e. The first kappa shape index (κ1) is 13.7. The molecule has 1 aliphatic rings. The minimum atomic E-state index is -0.0515. The van der Waals surface area contributed by atoms with Gasteiger partial charge in [0, 0.05) is 17.5 Å². The highest BCUT2D eigenvalue weighted by Crippen LogP contribution is 2.36. The summed E-state index contributed by atoms with van der Waals surface area (Å²) in [6.07, 6.45) is 4.04. The van der Waals surface area contributed by atoms with Crippen LogP contribution in [0.15, 0.2) is 29.0 Å². The van der Waals surface area contributed by atoms with Crippen LogP contribution in [0.3, 0.4) is 0 Å². The topological polar surface area (TPSA) is 38.7 Å². The summed E-state index contributed by atoms with van der Waals surface area (Å²) in [5, 5.41) is 0. The predicted octanol–water partition coefficient (Wildman–Crippen LogP) is 4.01. The fourth-order valence-corrected chi connectivity index (χ4v) is 3.05. The second kappa shape index (κ2) is 4.92. The van der Waals surface area contributed by atoms with Crippen molar-refractivity contribution in [3.63, 3.8) is 0 Å². The van der Waals surface area contributed by atoms with E-state index in [0.717, 1.165) is 29.0 Å². The Morgan fingerprint density at radius 2 is 2.05 bits per heavy atom. The Kier molecular flexibility index (Phi) is 3.36. The van der Waals surface area contributed by atoms with Crippen molar-refractivity contribution < 1.29 is 0 Å². The van der Waals surface area contributed by atoms with Gasteiger partial charge in [-0.2, -0.15) is 0 Å². The van der Waals surface area contributed by atoms with Crippen LogP contribution < -0.4 is 0 Å². The van der Waals surface area contributed by atoms with Gasteiger partial charge in [-0.1, -0.05) is 26.8 Å². The molecule has 1 aliphatic carbocycles. The van der Waals surface area contributed by atoms with E-state index in [4.69, 9.17) is 4.98 Å². The van der Waals surface area contributed by atoms with E-state index in [1.165, 1.54) is 11.3 Å². The molecule has 104 valence electrons. The van der Waals surface area contributed by atoms with Gasteiger partial charge in [0.25, 0.3) is 0 Å². The zero-order valence-electron chi connectivity index (χ0n) is 12.0. The molecule has 1 atom stereocenters. The first-order chi connectivity index (χ1) is 9.45. The zero-order chi connectivity index (χ0) is 14.3. The van der Waals surface area contributed by atoms with E-state index in [-0.39, 0.29) is 5.41 Å². The van der Waals surface area contributed by atoms with E-state index in [1.54, 1.807) is 0 Å². The number of rotatable bonds is 1. The first-order valence-electron chi connectivity index (χ1n) is 6.94. The monoisotopic (exact) mass is 331 g/mol. The molecule has 20 heavy (non-hydrogen) atoms. The fourth-order valence-electron chi connectivity index (χ4n) is 2.65. The van der Waals surface area contributed by atoms with Crippen molar-refractivity contribution in [3.8, 4) is 0 Å². The molecule has 0 amide bonds. The molecular weight excluding hydrogens is 314 g/mol. The van der Waals surface area contributed by atoms with E-state index < -0.39 is 0 Å². The Morgan fingerprint density at radius 1 is 1.25 bits per heavy atom. The number of aromatic nitrogens is 3. The van der Waals surface area contributed by atoms with Gasteiger partial charge in [-0.3, -0.25) is 4.98 Å². The van der Waals surface area contributed by atoms with E-state index in [0.29, 0.717) is 5.92 Å². The third-order valence-electron chi connectivity index (χ3n) is 3.70. The van der Waals surface area contributed by atoms with Crippen LogP contribution in [-0.2, 0) is 11.8 Å². The lowest BCUT2D eigenvalue weighted by molar-refractivity contribution is 0.536.